The molecule has 31 heavy (non-hydrogen) atoms. The van der Waals surface area contributed by atoms with E-state index in [-0.39, 0.29) is 11.8 Å². The molecule has 1 fully saturated rings. The molecule has 0 saturated heterocycles. The first-order chi connectivity index (χ1) is 14.8. The lowest BCUT2D eigenvalue weighted by molar-refractivity contribution is -0.136. The number of nitrogens with zero attached hydrogens (tertiary/aromatic N) is 1. The smallest absolute Gasteiger partial charge is 0.244 e. The molecule has 3 N–H and O–H groups in total. The van der Waals surface area contributed by atoms with Gasteiger partial charge in [0.25, 0.3) is 0 Å². The monoisotopic (exact) mass is 461 g/mol. The van der Waals surface area contributed by atoms with Crippen LogP contribution in [0.4, 0.5) is 0 Å². The normalized spacial score (nSPS) is 15.3. The molecule has 1 saturated carbocycles. The minimum absolute atomic E-state index is 0.135. The fraction of sp³-hybridized carbons (Fsp3) is 0.417. The molecule has 0 spiro atoms. The van der Waals surface area contributed by atoms with Gasteiger partial charge in [0.2, 0.25) is 11.8 Å². The van der Waals surface area contributed by atoms with Crippen molar-refractivity contribution in [1.82, 2.24) is 10.2 Å². The maximum atomic E-state index is 13.3. The van der Waals surface area contributed by atoms with Crippen molar-refractivity contribution < 1.29 is 9.59 Å². The van der Waals surface area contributed by atoms with E-state index in [2.05, 4.69) is 17.4 Å². The van der Waals surface area contributed by atoms with Gasteiger partial charge in [-0.15, -0.1) is 0 Å². The van der Waals surface area contributed by atoms with Crippen molar-refractivity contribution in [3.8, 4) is 0 Å². The Labute approximate surface area is 193 Å². The molecule has 1 aliphatic carbocycles. The molecule has 2 amide bonds. The highest BCUT2D eigenvalue weighted by Crippen LogP contribution is 2.51. The second-order valence-corrected chi connectivity index (χ2v) is 9.15. The Morgan fingerprint density at radius 2 is 1.84 bits per heavy atom. The molecule has 0 aliphatic heterocycles. The predicted molar refractivity (Wildman–Crippen MR) is 125 cm³/mol. The van der Waals surface area contributed by atoms with Gasteiger partial charge in [-0.2, -0.15) is 0 Å². The van der Waals surface area contributed by atoms with Crippen molar-refractivity contribution in [2.75, 3.05) is 20.1 Å². The number of halogens is 2. The number of aryl methyl sites for hydroxylation is 2. The molecule has 2 aromatic rings. The van der Waals surface area contributed by atoms with Crippen molar-refractivity contribution in [2.45, 2.75) is 44.1 Å². The average molecular weight is 462 g/mol. The van der Waals surface area contributed by atoms with Gasteiger partial charge < -0.3 is 16.0 Å². The lowest BCUT2D eigenvalue weighted by atomic mass is 9.94. The Balaban J connectivity index is 1.77. The van der Waals surface area contributed by atoms with Crippen LogP contribution in [0.2, 0.25) is 10.0 Å². The summed E-state index contributed by atoms with van der Waals surface area (Å²) in [5, 5.41) is 4.02. The van der Waals surface area contributed by atoms with Crippen LogP contribution in [0.15, 0.2) is 42.5 Å². The summed E-state index contributed by atoms with van der Waals surface area (Å²) in [6.45, 7) is 2.84. The molecule has 2 aromatic carbocycles. The first-order valence-electron chi connectivity index (χ1n) is 10.5. The number of hydrogen-bond donors (Lipinski definition) is 2. The molecule has 0 heterocycles. The Morgan fingerprint density at radius 1 is 1.16 bits per heavy atom. The van der Waals surface area contributed by atoms with Gasteiger partial charge in [0.15, 0.2) is 0 Å². The summed E-state index contributed by atoms with van der Waals surface area (Å²) in [4.78, 5) is 27.9. The Hall–Kier alpha value is -2.08. The average Bonchev–Trinajstić information content (AvgIpc) is 3.53. The number of benzene rings is 2. The second kappa shape index (κ2) is 10.0. The SMILES string of the molecule is Cc1ccc(CC[C@H](NC(=O)C2(c3ccc(Cl)cc3Cl)CC2)C(=O)N(C)CCN)cc1. The molecule has 0 radical (unpaired) electrons. The van der Waals surface area contributed by atoms with Gasteiger partial charge in [-0.1, -0.05) is 59.1 Å². The predicted octanol–water partition coefficient (Wildman–Crippen LogP) is 3.87. The second-order valence-electron chi connectivity index (χ2n) is 8.31. The third-order valence-electron chi connectivity index (χ3n) is 5.92. The van der Waals surface area contributed by atoms with Crippen molar-refractivity contribution in [2.24, 2.45) is 5.73 Å². The zero-order valence-electron chi connectivity index (χ0n) is 18.0. The fourth-order valence-corrected chi connectivity index (χ4v) is 4.40. The van der Waals surface area contributed by atoms with Gasteiger partial charge in [0, 0.05) is 30.2 Å². The lowest BCUT2D eigenvalue weighted by Crippen LogP contribution is -2.51. The van der Waals surface area contributed by atoms with Crippen LogP contribution in [-0.2, 0) is 21.4 Å². The minimum atomic E-state index is -0.698. The lowest BCUT2D eigenvalue weighted by Gasteiger charge is -2.27. The Bertz CT molecular complexity index is 942. The molecular formula is C24H29Cl2N3O2. The van der Waals surface area contributed by atoms with Gasteiger partial charge in [0.05, 0.1) is 5.41 Å². The summed E-state index contributed by atoms with van der Waals surface area (Å²) in [5.74, 6) is -0.302. The third kappa shape index (κ3) is 5.59. The Morgan fingerprint density at radius 3 is 2.42 bits per heavy atom. The summed E-state index contributed by atoms with van der Waals surface area (Å²) >= 11 is 12.4. The van der Waals surface area contributed by atoms with E-state index in [1.165, 1.54) is 5.56 Å². The van der Waals surface area contributed by atoms with Gasteiger partial charge in [0.1, 0.15) is 6.04 Å². The number of rotatable bonds is 9. The van der Waals surface area contributed by atoms with E-state index in [4.69, 9.17) is 28.9 Å². The highest BCUT2D eigenvalue weighted by molar-refractivity contribution is 6.35. The van der Waals surface area contributed by atoms with E-state index in [9.17, 15) is 9.59 Å². The molecular weight excluding hydrogens is 433 g/mol. The van der Waals surface area contributed by atoms with Crippen molar-refractivity contribution in [3.05, 3.63) is 69.2 Å². The molecule has 0 aromatic heterocycles. The zero-order chi connectivity index (χ0) is 22.6. The molecule has 0 unspecified atom stereocenters. The molecule has 1 aliphatic rings. The first kappa shape index (κ1) is 23.6. The van der Waals surface area contributed by atoms with E-state index >= 15 is 0 Å². The van der Waals surface area contributed by atoms with Crippen LogP contribution in [0.25, 0.3) is 0 Å². The summed E-state index contributed by atoms with van der Waals surface area (Å²) < 4.78 is 0. The standard InChI is InChI=1S/C24H29Cl2N3O2/c1-16-3-5-17(6-4-16)7-10-21(22(30)29(2)14-13-27)28-23(31)24(11-12-24)19-9-8-18(25)15-20(19)26/h3-6,8-9,15,21H,7,10-14,27H2,1-2H3,(H,28,31)/t21-/m0/s1. The van der Waals surface area contributed by atoms with E-state index < -0.39 is 11.5 Å². The summed E-state index contributed by atoms with van der Waals surface area (Å²) in [5.41, 5.74) is 8.00. The van der Waals surface area contributed by atoms with Crippen LogP contribution in [0, 0.1) is 6.92 Å². The van der Waals surface area contributed by atoms with Crippen LogP contribution in [0.3, 0.4) is 0 Å². The van der Waals surface area contributed by atoms with E-state index in [0.29, 0.717) is 48.8 Å². The maximum absolute atomic E-state index is 13.3. The number of carbonyl (C=O) groups is 2. The van der Waals surface area contributed by atoms with Gasteiger partial charge in [-0.05, 0) is 55.9 Å². The molecule has 0 bridgehead atoms. The van der Waals surface area contributed by atoms with Gasteiger partial charge in [-0.25, -0.2) is 0 Å². The maximum Gasteiger partial charge on any atom is 0.244 e. The van der Waals surface area contributed by atoms with Crippen LogP contribution in [-0.4, -0.2) is 42.9 Å². The van der Waals surface area contributed by atoms with Crippen molar-refractivity contribution >= 4 is 35.0 Å². The summed E-state index contributed by atoms with van der Waals surface area (Å²) in [6, 6.07) is 12.8. The van der Waals surface area contributed by atoms with Gasteiger partial charge >= 0.3 is 0 Å². The van der Waals surface area contributed by atoms with Crippen LogP contribution < -0.4 is 11.1 Å². The van der Waals surface area contributed by atoms with Gasteiger partial charge in [-0.3, -0.25) is 9.59 Å². The molecule has 7 heteroatoms. The highest BCUT2D eigenvalue weighted by Gasteiger charge is 2.53. The summed E-state index contributed by atoms with van der Waals surface area (Å²) in [6.07, 6.45) is 2.57. The number of nitrogens with one attached hydrogen (secondary N) is 1. The first-order valence-corrected chi connectivity index (χ1v) is 11.3. The van der Waals surface area contributed by atoms with Crippen molar-refractivity contribution in [1.29, 1.82) is 0 Å². The fourth-order valence-electron chi connectivity index (χ4n) is 3.81. The largest absolute Gasteiger partial charge is 0.344 e. The highest BCUT2D eigenvalue weighted by atomic mass is 35.5. The van der Waals surface area contributed by atoms with Crippen LogP contribution >= 0.6 is 23.2 Å². The van der Waals surface area contributed by atoms with Crippen molar-refractivity contribution in [3.63, 3.8) is 0 Å². The number of hydrogen-bond acceptors (Lipinski definition) is 3. The quantitative estimate of drug-likeness (QED) is 0.594. The van der Waals surface area contributed by atoms with Crippen LogP contribution in [0.5, 0.6) is 0 Å². The Kier molecular flexibility index (Phi) is 7.63. The number of likely N-dealkylation sites (N-methyl/N-ethyl adjacent to an activating group) is 1. The summed E-state index contributed by atoms with van der Waals surface area (Å²) in [7, 11) is 1.71. The minimum Gasteiger partial charge on any atom is -0.344 e. The van der Waals surface area contributed by atoms with E-state index in [1.807, 2.05) is 19.1 Å². The number of nitrogens with two attached hydrogens (primary N) is 1. The van der Waals surface area contributed by atoms with Crippen LogP contribution in [0.1, 0.15) is 36.0 Å². The topological polar surface area (TPSA) is 75.4 Å². The molecule has 3 rings (SSSR count). The number of carbonyl (C=O) groups excluding carboxylic acids is 2. The molecule has 5 nitrogen and oxygen atoms in total. The third-order valence-corrected chi connectivity index (χ3v) is 6.47. The molecule has 1 atom stereocenters. The number of amides is 2. The zero-order valence-corrected chi connectivity index (χ0v) is 19.5. The van der Waals surface area contributed by atoms with E-state index in [0.717, 1.165) is 11.1 Å². The molecule has 166 valence electrons. The van der Waals surface area contributed by atoms with E-state index in [1.54, 1.807) is 30.1 Å².